The van der Waals surface area contributed by atoms with Crippen LogP contribution >= 0.6 is 0 Å². The summed E-state index contributed by atoms with van der Waals surface area (Å²) in [7, 11) is 0. The molecule has 0 aromatic carbocycles. The molecule has 86 valence electrons. The minimum Gasteiger partial charge on any atom is -0.103 e. The zero-order valence-corrected chi connectivity index (χ0v) is 10.6. The second kappa shape index (κ2) is 8.52. The first-order chi connectivity index (χ1) is 7.17. The van der Waals surface area contributed by atoms with Crippen molar-refractivity contribution in [2.45, 2.75) is 46.5 Å². The predicted octanol–water partition coefficient (Wildman–Crippen LogP) is 5.14. The van der Waals surface area contributed by atoms with Gasteiger partial charge in [0.25, 0.3) is 0 Å². The Balaban J connectivity index is 4.25. The summed E-state index contributed by atoms with van der Waals surface area (Å²) >= 11 is 0. The summed E-state index contributed by atoms with van der Waals surface area (Å²) in [6, 6.07) is 0. The Morgan fingerprint density at radius 3 is 2.47 bits per heavy atom. The van der Waals surface area contributed by atoms with Crippen LogP contribution in [0.4, 0.5) is 0 Å². The van der Waals surface area contributed by atoms with Crippen molar-refractivity contribution in [1.82, 2.24) is 0 Å². The highest BCUT2D eigenvalue weighted by atomic mass is 14.2. The van der Waals surface area contributed by atoms with Crippen LogP contribution in [0.1, 0.15) is 46.5 Å². The SMILES string of the molecule is C=CCC(C=C)C(C)/C(C)=C/CCCC. The standard InChI is InChI=1S/C15H26/c1-6-9-10-12-13(4)14(5)15(8-3)11-7-2/h7-8,12,14-15H,2-3,6,9-11H2,1,4-5H3/b13-12+. The molecule has 0 fully saturated rings. The highest BCUT2D eigenvalue weighted by molar-refractivity contribution is 5.07. The van der Waals surface area contributed by atoms with Gasteiger partial charge < -0.3 is 0 Å². The normalized spacial score (nSPS) is 15.8. The summed E-state index contributed by atoms with van der Waals surface area (Å²) in [6.07, 6.45) is 11.2. The van der Waals surface area contributed by atoms with Crippen LogP contribution in [0.25, 0.3) is 0 Å². The van der Waals surface area contributed by atoms with Crippen LogP contribution in [0, 0.1) is 11.8 Å². The van der Waals surface area contributed by atoms with E-state index < -0.39 is 0 Å². The zero-order chi connectivity index (χ0) is 11.7. The summed E-state index contributed by atoms with van der Waals surface area (Å²) in [5, 5.41) is 0. The Morgan fingerprint density at radius 2 is 2.00 bits per heavy atom. The number of rotatable bonds is 8. The third-order valence-corrected chi connectivity index (χ3v) is 3.13. The van der Waals surface area contributed by atoms with Gasteiger partial charge in [-0.3, -0.25) is 0 Å². The second-order valence-electron chi connectivity index (χ2n) is 4.30. The maximum Gasteiger partial charge on any atom is -0.0139 e. The van der Waals surface area contributed by atoms with Crippen LogP contribution in [0.3, 0.4) is 0 Å². The largest absolute Gasteiger partial charge is 0.103 e. The van der Waals surface area contributed by atoms with E-state index in [2.05, 4.69) is 46.1 Å². The summed E-state index contributed by atoms with van der Waals surface area (Å²) in [5.74, 6) is 1.14. The molecule has 15 heavy (non-hydrogen) atoms. The van der Waals surface area contributed by atoms with E-state index in [1.165, 1.54) is 24.8 Å². The average molecular weight is 206 g/mol. The van der Waals surface area contributed by atoms with Gasteiger partial charge in [-0.25, -0.2) is 0 Å². The molecule has 0 spiro atoms. The van der Waals surface area contributed by atoms with E-state index in [0.29, 0.717) is 11.8 Å². The molecule has 0 saturated heterocycles. The minimum absolute atomic E-state index is 0.542. The quantitative estimate of drug-likeness (QED) is 0.381. The number of hydrogen-bond acceptors (Lipinski definition) is 0. The molecular weight excluding hydrogens is 180 g/mol. The minimum atomic E-state index is 0.542. The first kappa shape index (κ1) is 14.2. The highest BCUT2D eigenvalue weighted by Crippen LogP contribution is 2.24. The lowest BCUT2D eigenvalue weighted by Gasteiger charge is -2.20. The van der Waals surface area contributed by atoms with E-state index in [4.69, 9.17) is 0 Å². The molecule has 2 atom stereocenters. The van der Waals surface area contributed by atoms with E-state index in [0.717, 1.165) is 6.42 Å². The molecule has 0 N–H and O–H groups in total. The van der Waals surface area contributed by atoms with Gasteiger partial charge in [0, 0.05) is 0 Å². The van der Waals surface area contributed by atoms with E-state index in [1.807, 2.05) is 6.08 Å². The van der Waals surface area contributed by atoms with Gasteiger partial charge >= 0.3 is 0 Å². The van der Waals surface area contributed by atoms with E-state index in [9.17, 15) is 0 Å². The van der Waals surface area contributed by atoms with Crippen molar-refractivity contribution in [3.8, 4) is 0 Å². The number of hydrogen-bond donors (Lipinski definition) is 0. The fourth-order valence-corrected chi connectivity index (χ4v) is 1.75. The fraction of sp³-hybridized carbons (Fsp3) is 0.600. The van der Waals surface area contributed by atoms with E-state index >= 15 is 0 Å². The Morgan fingerprint density at radius 1 is 1.33 bits per heavy atom. The van der Waals surface area contributed by atoms with Crippen LogP contribution in [0.2, 0.25) is 0 Å². The van der Waals surface area contributed by atoms with Crippen molar-refractivity contribution in [2.75, 3.05) is 0 Å². The maximum atomic E-state index is 3.90. The van der Waals surface area contributed by atoms with Gasteiger partial charge in [0.1, 0.15) is 0 Å². The van der Waals surface area contributed by atoms with Crippen LogP contribution in [0.15, 0.2) is 37.0 Å². The van der Waals surface area contributed by atoms with Crippen LogP contribution in [-0.4, -0.2) is 0 Å². The summed E-state index contributed by atoms with van der Waals surface area (Å²) in [4.78, 5) is 0. The van der Waals surface area contributed by atoms with Crippen molar-refractivity contribution in [3.63, 3.8) is 0 Å². The molecule has 0 aliphatic rings. The fourth-order valence-electron chi connectivity index (χ4n) is 1.75. The Hall–Kier alpha value is -0.780. The molecule has 0 bridgehead atoms. The molecule has 0 aliphatic carbocycles. The molecule has 0 heteroatoms. The van der Waals surface area contributed by atoms with Gasteiger partial charge in [0.05, 0.1) is 0 Å². The van der Waals surface area contributed by atoms with Crippen molar-refractivity contribution in [2.24, 2.45) is 11.8 Å². The first-order valence-corrected chi connectivity index (χ1v) is 6.07. The first-order valence-electron chi connectivity index (χ1n) is 6.07. The summed E-state index contributed by atoms with van der Waals surface area (Å²) in [6.45, 7) is 14.5. The Bertz CT molecular complexity index is 210. The molecule has 0 aromatic heterocycles. The van der Waals surface area contributed by atoms with Crippen molar-refractivity contribution < 1.29 is 0 Å². The van der Waals surface area contributed by atoms with E-state index in [-0.39, 0.29) is 0 Å². The lowest BCUT2D eigenvalue weighted by molar-refractivity contribution is 0.492. The molecule has 0 aromatic rings. The molecule has 0 aliphatic heterocycles. The van der Waals surface area contributed by atoms with Crippen LogP contribution in [0.5, 0.6) is 0 Å². The van der Waals surface area contributed by atoms with Crippen molar-refractivity contribution in [1.29, 1.82) is 0 Å². The average Bonchev–Trinajstić information content (AvgIpc) is 2.25. The molecule has 0 radical (unpaired) electrons. The molecule has 0 nitrogen and oxygen atoms in total. The molecule has 0 heterocycles. The lowest BCUT2D eigenvalue weighted by Crippen LogP contribution is -2.09. The summed E-state index contributed by atoms with van der Waals surface area (Å²) in [5.41, 5.74) is 1.50. The maximum absolute atomic E-state index is 3.90. The van der Waals surface area contributed by atoms with Gasteiger partial charge in [0.15, 0.2) is 0 Å². The van der Waals surface area contributed by atoms with Crippen molar-refractivity contribution >= 4 is 0 Å². The smallest absolute Gasteiger partial charge is 0.0139 e. The van der Waals surface area contributed by atoms with Gasteiger partial charge in [0.2, 0.25) is 0 Å². The highest BCUT2D eigenvalue weighted by Gasteiger charge is 2.13. The van der Waals surface area contributed by atoms with Gasteiger partial charge in [-0.1, -0.05) is 50.5 Å². The predicted molar refractivity (Wildman–Crippen MR) is 70.9 cm³/mol. The molecule has 0 rings (SSSR count). The van der Waals surface area contributed by atoms with Crippen LogP contribution in [-0.2, 0) is 0 Å². The second-order valence-corrected chi connectivity index (χ2v) is 4.30. The summed E-state index contributed by atoms with van der Waals surface area (Å²) < 4.78 is 0. The lowest BCUT2D eigenvalue weighted by atomic mass is 9.85. The molecule has 0 saturated carbocycles. The Labute approximate surface area is 95.8 Å². The van der Waals surface area contributed by atoms with Gasteiger partial charge in [-0.05, 0) is 31.6 Å². The topological polar surface area (TPSA) is 0 Å². The van der Waals surface area contributed by atoms with Crippen LogP contribution < -0.4 is 0 Å². The van der Waals surface area contributed by atoms with Gasteiger partial charge in [-0.2, -0.15) is 0 Å². The third-order valence-electron chi connectivity index (χ3n) is 3.13. The molecule has 0 amide bonds. The van der Waals surface area contributed by atoms with Gasteiger partial charge in [-0.15, -0.1) is 13.2 Å². The van der Waals surface area contributed by atoms with Crippen molar-refractivity contribution in [3.05, 3.63) is 37.0 Å². The number of unbranched alkanes of at least 4 members (excludes halogenated alkanes) is 2. The monoisotopic (exact) mass is 206 g/mol. The third kappa shape index (κ3) is 5.61. The van der Waals surface area contributed by atoms with E-state index in [1.54, 1.807) is 0 Å². The molecular formula is C15H26. The number of allylic oxidation sites excluding steroid dienone is 4. The molecule has 2 unspecified atom stereocenters. The zero-order valence-electron chi connectivity index (χ0n) is 10.6. The Kier molecular flexibility index (Phi) is 8.08.